The van der Waals surface area contributed by atoms with Crippen molar-refractivity contribution in [2.45, 2.75) is 58.0 Å². The maximum atomic E-state index is 11.5. The average molecular weight is 228 g/mol. The molecule has 1 atom stereocenters. The van der Waals surface area contributed by atoms with Crippen molar-refractivity contribution in [1.29, 1.82) is 0 Å². The summed E-state index contributed by atoms with van der Waals surface area (Å²) in [6, 6.07) is 0. The Kier molecular flexibility index (Phi) is 7.43. The fourth-order valence-corrected chi connectivity index (χ4v) is 1.96. The summed E-state index contributed by atoms with van der Waals surface area (Å²) in [4.78, 5) is 11.5. The molecule has 0 aromatic carbocycles. The molecular weight excluding hydrogens is 204 g/mol. The number of hydrogen-bond donors (Lipinski definition) is 0. The molecule has 0 aromatic rings. The van der Waals surface area contributed by atoms with Crippen LogP contribution in [0.1, 0.15) is 51.9 Å². The molecule has 0 bridgehead atoms. The second-order valence-corrected chi connectivity index (χ2v) is 4.43. The molecule has 1 unspecified atom stereocenters. The lowest BCUT2D eigenvalue weighted by molar-refractivity contribution is -0.120. The van der Waals surface area contributed by atoms with Gasteiger partial charge in [-0.25, -0.2) is 0 Å². The van der Waals surface area contributed by atoms with Crippen LogP contribution < -0.4 is 0 Å². The SMILES string of the molecule is CCCOCCC(=O)CCCC1CCCO1. The third-order valence-corrected chi connectivity index (χ3v) is 2.88. The van der Waals surface area contributed by atoms with E-state index < -0.39 is 0 Å². The predicted molar refractivity (Wildman–Crippen MR) is 63.6 cm³/mol. The highest BCUT2D eigenvalue weighted by Crippen LogP contribution is 2.17. The van der Waals surface area contributed by atoms with Gasteiger partial charge in [-0.3, -0.25) is 4.79 Å². The smallest absolute Gasteiger partial charge is 0.135 e. The van der Waals surface area contributed by atoms with Gasteiger partial charge in [0.05, 0.1) is 12.7 Å². The van der Waals surface area contributed by atoms with Gasteiger partial charge in [0.1, 0.15) is 5.78 Å². The molecule has 3 heteroatoms. The zero-order chi connectivity index (χ0) is 11.6. The summed E-state index contributed by atoms with van der Waals surface area (Å²) >= 11 is 0. The van der Waals surface area contributed by atoms with Crippen molar-refractivity contribution in [2.24, 2.45) is 0 Å². The average Bonchev–Trinajstić information content (AvgIpc) is 2.77. The van der Waals surface area contributed by atoms with Gasteiger partial charge in [0.2, 0.25) is 0 Å². The van der Waals surface area contributed by atoms with E-state index in [1.807, 2.05) is 0 Å². The highest BCUT2D eigenvalue weighted by molar-refractivity contribution is 5.78. The van der Waals surface area contributed by atoms with Crippen LogP contribution in [-0.4, -0.2) is 31.7 Å². The molecule has 0 aromatic heterocycles. The van der Waals surface area contributed by atoms with E-state index in [2.05, 4.69) is 6.92 Å². The van der Waals surface area contributed by atoms with E-state index in [0.29, 0.717) is 31.3 Å². The minimum atomic E-state index is 0.328. The van der Waals surface area contributed by atoms with E-state index >= 15 is 0 Å². The van der Waals surface area contributed by atoms with Crippen LogP contribution in [-0.2, 0) is 14.3 Å². The van der Waals surface area contributed by atoms with Gasteiger partial charge < -0.3 is 9.47 Å². The Balaban J connectivity index is 1.89. The van der Waals surface area contributed by atoms with E-state index in [9.17, 15) is 4.79 Å². The molecule has 1 aliphatic heterocycles. The van der Waals surface area contributed by atoms with E-state index in [1.165, 1.54) is 12.8 Å². The summed E-state index contributed by atoms with van der Waals surface area (Å²) in [7, 11) is 0. The Bertz CT molecular complexity index is 186. The summed E-state index contributed by atoms with van der Waals surface area (Å²) in [5.41, 5.74) is 0. The summed E-state index contributed by atoms with van der Waals surface area (Å²) < 4.78 is 10.8. The third kappa shape index (κ3) is 6.23. The fraction of sp³-hybridized carbons (Fsp3) is 0.923. The molecule has 1 fully saturated rings. The maximum Gasteiger partial charge on any atom is 0.135 e. The largest absolute Gasteiger partial charge is 0.381 e. The van der Waals surface area contributed by atoms with Gasteiger partial charge in [0, 0.05) is 26.1 Å². The Morgan fingerprint density at radius 2 is 2.25 bits per heavy atom. The van der Waals surface area contributed by atoms with Crippen molar-refractivity contribution in [2.75, 3.05) is 19.8 Å². The Labute approximate surface area is 98.5 Å². The van der Waals surface area contributed by atoms with Crippen LogP contribution in [0.2, 0.25) is 0 Å². The molecule has 3 nitrogen and oxygen atoms in total. The number of Topliss-reactive ketones (excluding diaryl/α,β-unsaturated/α-hetero) is 1. The highest BCUT2D eigenvalue weighted by Gasteiger charge is 2.15. The second-order valence-electron chi connectivity index (χ2n) is 4.43. The van der Waals surface area contributed by atoms with Crippen LogP contribution in [0.5, 0.6) is 0 Å². The summed E-state index contributed by atoms with van der Waals surface area (Å²) in [6.07, 6.45) is 7.08. The third-order valence-electron chi connectivity index (χ3n) is 2.88. The lowest BCUT2D eigenvalue weighted by Gasteiger charge is -2.08. The van der Waals surface area contributed by atoms with Crippen LogP contribution in [0.25, 0.3) is 0 Å². The summed E-state index contributed by atoms with van der Waals surface area (Å²) in [5, 5.41) is 0. The van der Waals surface area contributed by atoms with Crippen LogP contribution in [0.15, 0.2) is 0 Å². The van der Waals surface area contributed by atoms with Crippen molar-refractivity contribution in [3.05, 3.63) is 0 Å². The number of rotatable bonds is 9. The van der Waals surface area contributed by atoms with Gasteiger partial charge in [-0.05, 0) is 32.1 Å². The Morgan fingerprint density at radius 1 is 1.38 bits per heavy atom. The minimum Gasteiger partial charge on any atom is -0.381 e. The molecule has 0 N–H and O–H groups in total. The van der Waals surface area contributed by atoms with Gasteiger partial charge in [-0.2, -0.15) is 0 Å². The second kappa shape index (κ2) is 8.71. The molecule has 1 rings (SSSR count). The number of carbonyl (C=O) groups is 1. The van der Waals surface area contributed by atoms with Gasteiger partial charge in [-0.1, -0.05) is 6.92 Å². The quantitative estimate of drug-likeness (QED) is 0.569. The van der Waals surface area contributed by atoms with Crippen molar-refractivity contribution in [3.63, 3.8) is 0 Å². The van der Waals surface area contributed by atoms with E-state index in [1.54, 1.807) is 0 Å². The van der Waals surface area contributed by atoms with Gasteiger partial charge in [0.15, 0.2) is 0 Å². The molecule has 16 heavy (non-hydrogen) atoms. The number of ketones is 1. The van der Waals surface area contributed by atoms with E-state index in [4.69, 9.17) is 9.47 Å². The minimum absolute atomic E-state index is 0.328. The maximum absolute atomic E-state index is 11.5. The Morgan fingerprint density at radius 3 is 2.94 bits per heavy atom. The number of hydrogen-bond acceptors (Lipinski definition) is 3. The highest BCUT2D eigenvalue weighted by atomic mass is 16.5. The molecule has 94 valence electrons. The van der Waals surface area contributed by atoms with Crippen molar-refractivity contribution in [1.82, 2.24) is 0 Å². The summed E-state index contributed by atoms with van der Waals surface area (Å²) in [6.45, 7) is 4.34. The standard InChI is InChI=1S/C13H24O3/c1-2-9-15-11-8-12(14)5-3-6-13-7-4-10-16-13/h13H,2-11H2,1H3. The molecule has 1 aliphatic rings. The monoisotopic (exact) mass is 228 g/mol. The van der Waals surface area contributed by atoms with Crippen LogP contribution in [0, 0.1) is 0 Å². The van der Waals surface area contributed by atoms with E-state index in [-0.39, 0.29) is 0 Å². The van der Waals surface area contributed by atoms with Crippen LogP contribution >= 0.6 is 0 Å². The Hall–Kier alpha value is -0.410. The molecular formula is C13H24O3. The van der Waals surface area contributed by atoms with Crippen molar-refractivity contribution in [3.8, 4) is 0 Å². The predicted octanol–water partition coefficient (Wildman–Crippen LogP) is 2.72. The van der Waals surface area contributed by atoms with Crippen LogP contribution in [0.3, 0.4) is 0 Å². The zero-order valence-corrected chi connectivity index (χ0v) is 10.4. The number of ether oxygens (including phenoxy) is 2. The van der Waals surface area contributed by atoms with Gasteiger partial charge >= 0.3 is 0 Å². The van der Waals surface area contributed by atoms with Gasteiger partial charge in [0.25, 0.3) is 0 Å². The first-order valence-electron chi connectivity index (χ1n) is 6.54. The molecule has 0 amide bonds. The molecule has 1 saturated heterocycles. The topological polar surface area (TPSA) is 35.5 Å². The van der Waals surface area contributed by atoms with Crippen molar-refractivity contribution < 1.29 is 14.3 Å². The molecule has 0 spiro atoms. The van der Waals surface area contributed by atoms with Crippen LogP contribution in [0.4, 0.5) is 0 Å². The fourth-order valence-electron chi connectivity index (χ4n) is 1.96. The molecule has 0 aliphatic carbocycles. The lowest BCUT2D eigenvalue weighted by atomic mass is 10.1. The lowest BCUT2D eigenvalue weighted by Crippen LogP contribution is -2.08. The van der Waals surface area contributed by atoms with Crippen molar-refractivity contribution >= 4 is 5.78 Å². The summed E-state index contributed by atoms with van der Waals surface area (Å²) in [5.74, 6) is 0.328. The molecule has 0 saturated carbocycles. The van der Waals surface area contributed by atoms with E-state index in [0.717, 1.165) is 32.5 Å². The zero-order valence-electron chi connectivity index (χ0n) is 10.4. The first-order valence-corrected chi connectivity index (χ1v) is 6.54. The normalized spacial score (nSPS) is 20.2. The molecule has 1 heterocycles. The number of carbonyl (C=O) groups excluding carboxylic acids is 1. The van der Waals surface area contributed by atoms with Gasteiger partial charge in [-0.15, -0.1) is 0 Å². The molecule has 0 radical (unpaired) electrons. The first-order chi connectivity index (χ1) is 7.83. The first kappa shape index (κ1) is 13.7.